The first-order chi connectivity index (χ1) is 66.0. The fourth-order valence-electron chi connectivity index (χ4n) is 16.2. The summed E-state index contributed by atoms with van der Waals surface area (Å²) in [5.74, 6) is -1.38. The zero-order valence-corrected chi connectivity index (χ0v) is 76.4. The number of nitrogens with zero attached hydrogens (tertiary/aromatic N) is 11. The number of anilines is 5. The van der Waals surface area contributed by atoms with E-state index in [1.54, 1.807) is 160 Å². The van der Waals surface area contributed by atoms with Gasteiger partial charge in [-0.05, 0) is 138 Å². The average Bonchev–Trinajstić information content (AvgIpc) is 1.65. The molecule has 0 aliphatic carbocycles. The molecule has 136 heavy (non-hydrogen) atoms. The van der Waals surface area contributed by atoms with Gasteiger partial charge in [-0.3, -0.25) is 53.0 Å². The Hall–Kier alpha value is -16.1. The van der Waals surface area contributed by atoms with Crippen molar-refractivity contribution in [3.63, 3.8) is 0 Å². The molecule has 10 heterocycles. The molecule has 0 bridgehead atoms. The van der Waals surface area contributed by atoms with Crippen LogP contribution in [0.4, 0.5) is 42.3 Å². The van der Waals surface area contributed by atoms with E-state index in [0.717, 1.165) is 59.0 Å². The second kappa shape index (κ2) is 42.6. The van der Waals surface area contributed by atoms with E-state index in [0.29, 0.717) is 93.5 Å². The number of carbonyl (C=O) groups excluding carboxylic acids is 10. The third-order valence-electron chi connectivity index (χ3n) is 22.5. The number of hydrogen-bond acceptors (Lipinski definition) is 16. The number of aromatic nitrogens is 7. The number of fused-ring (bicyclic) bond motifs is 5. The van der Waals surface area contributed by atoms with Gasteiger partial charge in [0.1, 0.15) is 58.0 Å². The number of carbonyl (C=O) groups is 10. The van der Waals surface area contributed by atoms with Crippen LogP contribution < -0.4 is 26.6 Å². The zero-order chi connectivity index (χ0) is 94.9. The molecule has 20 rings (SSSR count). The van der Waals surface area contributed by atoms with Crippen molar-refractivity contribution in [1.82, 2.24) is 59.6 Å². The van der Waals surface area contributed by atoms with E-state index in [1.807, 2.05) is 199 Å². The lowest BCUT2D eigenvalue weighted by molar-refractivity contribution is -0.141. The summed E-state index contributed by atoms with van der Waals surface area (Å²) in [5, 5.41) is 19.0. The first kappa shape index (κ1) is 93.1. The van der Waals surface area contributed by atoms with Crippen LogP contribution in [0.1, 0.15) is 143 Å². The van der Waals surface area contributed by atoms with Crippen molar-refractivity contribution in [2.45, 2.75) is 69.1 Å². The molecule has 5 aliphatic rings. The molecule has 5 atom stereocenters. The summed E-state index contributed by atoms with van der Waals surface area (Å²) in [4.78, 5) is 159. The number of hydrogen-bond donors (Lipinski definition) is 6. The number of nitrogens with one attached hydrogen (secondary N) is 6. The smallest absolute Gasteiger partial charge is 0.318 e. The maximum atomic E-state index is 13.1. The Bertz CT molecular complexity index is 6770. The van der Waals surface area contributed by atoms with E-state index in [4.69, 9.17) is 0 Å². The average molecular weight is 2010 g/mol. The van der Waals surface area contributed by atoms with Crippen molar-refractivity contribution >= 4 is 136 Å². The molecule has 0 radical (unpaired) electrons. The summed E-state index contributed by atoms with van der Waals surface area (Å²) >= 11 is 9.96. The van der Waals surface area contributed by atoms with Gasteiger partial charge in [-0.2, -0.15) is 18.3 Å². The Labute approximate surface area is 802 Å². The van der Waals surface area contributed by atoms with Gasteiger partial charge in [-0.1, -0.05) is 281 Å². The minimum Gasteiger partial charge on any atom is -0.318 e. The quantitative estimate of drug-likeness (QED) is 0.0413. The predicted octanol–water partition coefficient (Wildman–Crippen LogP) is 19.1. The third-order valence-corrected chi connectivity index (χ3v) is 23.9. The van der Waals surface area contributed by atoms with Crippen molar-refractivity contribution in [3.05, 3.63) is 455 Å². The van der Waals surface area contributed by atoms with Crippen LogP contribution in [0.3, 0.4) is 0 Å². The van der Waals surface area contributed by atoms with Crippen molar-refractivity contribution in [2.75, 3.05) is 26.6 Å². The standard InChI is InChI=1S/2C21H16BrN3O2.C21H17N3O2.C20H15BrN4O2.C20H15F3N4O2/c2*22-16-10-11-23-18(12-16)24-20(26)19(14-6-2-1-3-7-14)25-13-15-8-4-5-9-17(15)21(25)27;25-20(23-18-12-6-7-13-22-18)19(15-8-2-1-3-9-15)24-14-16-10-4-5-11-17(16)21(24)26;21-16-10-23-17(11-22-16)24-19(26)18(13-6-2-1-3-7-13)25-12-14-8-4-5-9-15(14)20(25)27;21-20(22,23)15-10-16(26-25-15)24-18(28)17(12-6-2-1-3-7-12)27-11-13-8-4-5-9-14(13)19(27)29/h2*1-12,19H,13H2,(H,23,24,26);1-13,19H,14H2,(H,22,23,25);1-11,18H,12H2,(H,23,24,26);1-10,17H,11H2,(H2,24,25,26,28)/t3*19-;18-;17-/m10111/s1. The lowest BCUT2D eigenvalue weighted by Crippen LogP contribution is -2.37. The Balaban J connectivity index is 0.000000123. The SMILES string of the molecule is O=C(Nc1cc(Br)ccn1)[C@@H](c1ccccc1)N1Cc2ccccc2C1=O.O=C(Nc1cc(Br)ccn1)[C@H](c1ccccc1)N1Cc2ccccc2C1=O.O=C(Nc1cc(C(F)(F)F)[nH]n1)[C@@H](c1ccccc1)N1Cc2ccccc2C1=O.O=C(Nc1ccccn1)[C@@H](c1ccccc1)N1Cc2ccccc2C1=O.O=C(Nc1cnc(Br)cn1)[C@@H](c1ccccc1)N1Cc2ccccc2C1=O. The number of amides is 10. The summed E-state index contributed by atoms with van der Waals surface area (Å²) in [7, 11) is 0. The number of rotatable bonds is 20. The maximum absolute atomic E-state index is 13.1. The van der Waals surface area contributed by atoms with Crippen LogP contribution in [0.15, 0.2) is 366 Å². The highest BCUT2D eigenvalue weighted by molar-refractivity contribution is 9.11. The first-order valence-corrected chi connectivity index (χ1v) is 44.8. The molecule has 10 amide bonds. The Morgan fingerprint density at radius 3 is 0.809 bits per heavy atom. The molecule has 33 heteroatoms. The predicted molar refractivity (Wildman–Crippen MR) is 512 cm³/mol. The lowest BCUT2D eigenvalue weighted by atomic mass is 10.0. The van der Waals surface area contributed by atoms with E-state index in [9.17, 15) is 61.1 Å². The maximum Gasteiger partial charge on any atom is 0.432 e. The molecule has 5 aliphatic heterocycles. The fraction of sp³-hybridized carbons (Fsp3) is 0.107. The highest BCUT2D eigenvalue weighted by Gasteiger charge is 2.44. The van der Waals surface area contributed by atoms with Crippen LogP contribution in [0.2, 0.25) is 0 Å². The topological polar surface area (TPSA) is 340 Å². The molecule has 15 aromatic rings. The number of halogens is 6. The molecule has 6 N–H and O–H groups in total. The third kappa shape index (κ3) is 21.8. The van der Waals surface area contributed by atoms with Crippen LogP contribution in [0, 0.1) is 0 Å². The van der Waals surface area contributed by atoms with Gasteiger partial charge in [0.15, 0.2) is 11.6 Å². The number of alkyl halides is 3. The van der Waals surface area contributed by atoms with E-state index in [-0.39, 0.29) is 65.5 Å². The molecule has 5 aromatic heterocycles. The van der Waals surface area contributed by atoms with E-state index >= 15 is 0 Å². The van der Waals surface area contributed by atoms with Crippen LogP contribution in [-0.2, 0) is 62.9 Å². The van der Waals surface area contributed by atoms with E-state index in [1.165, 1.54) is 17.3 Å². The molecule has 10 aromatic carbocycles. The summed E-state index contributed by atoms with van der Waals surface area (Å²) in [6, 6.07) is 91.7. The zero-order valence-electron chi connectivity index (χ0n) is 71.7. The summed E-state index contributed by atoms with van der Waals surface area (Å²) in [6.07, 6.45) is 3.18. The fourth-order valence-corrected chi connectivity index (χ4v) is 17.1. The molecule has 0 fully saturated rings. The highest BCUT2D eigenvalue weighted by atomic mass is 79.9. The van der Waals surface area contributed by atoms with Crippen molar-refractivity contribution in [2.24, 2.45) is 0 Å². The molecule has 27 nitrogen and oxygen atoms in total. The van der Waals surface area contributed by atoms with Gasteiger partial charge in [-0.15, -0.1) is 0 Å². The van der Waals surface area contributed by atoms with Crippen molar-refractivity contribution in [1.29, 1.82) is 0 Å². The summed E-state index contributed by atoms with van der Waals surface area (Å²) in [6.45, 7) is 1.80. The van der Waals surface area contributed by atoms with E-state index < -0.39 is 48.0 Å². The van der Waals surface area contributed by atoms with Gasteiger partial charge in [0.2, 0.25) is 0 Å². The van der Waals surface area contributed by atoms with Gasteiger partial charge in [0.05, 0.1) is 12.4 Å². The van der Waals surface area contributed by atoms with Crippen molar-refractivity contribution < 1.29 is 61.1 Å². The van der Waals surface area contributed by atoms with Gasteiger partial charge in [0.25, 0.3) is 59.1 Å². The van der Waals surface area contributed by atoms with Gasteiger partial charge in [0, 0.05) is 94.1 Å². The molecule has 0 saturated carbocycles. The Kier molecular flexibility index (Phi) is 29.2. The molecule has 0 unspecified atom stereocenters. The Morgan fingerprint density at radius 1 is 0.287 bits per heavy atom. The van der Waals surface area contributed by atoms with Gasteiger partial charge >= 0.3 is 6.18 Å². The van der Waals surface area contributed by atoms with Crippen LogP contribution in [-0.4, -0.2) is 119 Å². The number of aromatic amines is 1. The molecular weight excluding hydrogens is 1930 g/mol. The lowest BCUT2D eigenvalue weighted by Gasteiger charge is -2.27. The first-order valence-electron chi connectivity index (χ1n) is 42.5. The van der Waals surface area contributed by atoms with Gasteiger partial charge in [-0.25, -0.2) is 24.9 Å². The normalized spacial score (nSPS) is 14.1. The second-order valence-corrected chi connectivity index (χ2v) is 33.9. The van der Waals surface area contributed by atoms with E-state index in [2.05, 4.69) is 104 Å². The summed E-state index contributed by atoms with van der Waals surface area (Å²) in [5.41, 5.74) is 10.0. The van der Waals surface area contributed by atoms with Crippen molar-refractivity contribution in [3.8, 4) is 0 Å². The van der Waals surface area contributed by atoms with Crippen LogP contribution >= 0.6 is 47.8 Å². The minimum absolute atomic E-state index is 0.134. The largest absolute Gasteiger partial charge is 0.432 e. The van der Waals surface area contributed by atoms with Crippen LogP contribution in [0.25, 0.3) is 0 Å². The Morgan fingerprint density at radius 2 is 0.551 bits per heavy atom. The molecule has 0 saturated heterocycles. The molecule has 0 spiro atoms. The summed E-state index contributed by atoms with van der Waals surface area (Å²) < 4.78 is 40.5. The monoisotopic (exact) mass is 2010 g/mol. The number of H-pyrrole nitrogens is 1. The van der Waals surface area contributed by atoms with Crippen LogP contribution in [0.5, 0.6) is 0 Å². The molecule has 678 valence electrons. The number of pyridine rings is 3. The minimum atomic E-state index is -4.61. The molecular formula is C103H79Br3F3N17O10. The second-order valence-electron chi connectivity index (χ2n) is 31.3. The van der Waals surface area contributed by atoms with Gasteiger partial charge < -0.3 is 51.1 Å². The highest BCUT2D eigenvalue weighted by Crippen LogP contribution is 2.40. The number of benzene rings is 10.